The zero-order chi connectivity index (χ0) is 8.81. The molecule has 0 unspecified atom stereocenters. The van der Waals surface area contributed by atoms with E-state index < -0.39 is 0 Å². The molecule has 0 fully saturated rings. The molecule has 66 valence electrons. The van der Waals surface area contributed by atoms with Crippen molar-refractivity contribution in [3.63, 3.8) is 0 Å². The maximum Gasteiger partial charge on any atom is 0.108 e. The van der Waals surface area contributed by atoms with Crippen LogP contribution in [0.2, 0.25) is 0 Å². The molecule has 12 heavy (non-hydrogen) atoms. The minimum absolute atomic E-state index is 0.953. The summed E-state index contributed by atoms with van der Waals surface area (Å²) in [5.41, 5.74) is 0. The van der Waals surface area contributed by atoms with Gasteiger partial charge in [-0.25, -0.2) is 4.99 Å². The maximum absolute atomic E-state index is 4.36. The second-order valence-electron chi connectivity index (χ2n) is 2.69. The highest BCUT2D eigenvalue weighted by Gasteiger charge is 2.04. The molecule has 0 aromatic carbocycles. The van der Waals surface area contributed by atoms with E-state index in [1.165, 1.54) is 5.84 Å². The van der Waals surface area contributed by atoms with Gasteiger partial charge in [0.1, 0.15) is 5.84 Å². The van der Waals surface area contributed by atoms with Crippen LogP contribution in [0.3, 0.4) is 0 Å². The van der Waals surface area contributed by atoms with E-state index >= 15 is 0 Å². The van der Waals surface area contributed by atoms with Crippen molar-refractivity contribution in [2.75, 3.05) is 13.1 Å². The summed E-state index contributed by atoms with van der Waals surface area (Å²) in [5.74, 6) is 1.17. The highest BCUT2D eigenvalue weighted by atomic mass is 15.2. The summed E-state index contributed by atoms with van der Waals surface area (Å²) in [4.78, 5) is 6.64. The Hall–Kier alpha value is -1.05. The summed E-state index contributed by atoms with van der Waals surface area (Å²) in [6, 6.07) is 0. The topological polar surface area (TPSA) is 15.6 Å². The first-order valence-corrected chi connectivity index (χ1v) is 4.51. The van der Waals surface area contributed by atoms with Crippen LogP contribution in [-0.4, -0.2) is 23.8 Å². The Balaban J connectivity index is 2.66. The van der Waals surface area contributed by atoms with Crippen molar-refractivity contribution in [1.29, 1.82) is 0 Å². The third-order valence-electron chi connectivity index (χ3n) is 1.99. The molecule has 0 atom stereocenters. The van der Waals surface area contributed by atoms with Crippen LogP contribution >= 0.6 is 0 Å². The molecule has 0 aromatic rings. The Labute approximate surface area is 74.3 Å². The molecule has 0 aromatic heterocycles. The van der Waals surface area contributed by atoms with Crippen molar-refractivity contribution in [2.24, 2.45) is 4.99 Å². The standard InChI is InChI=1S/C10H16N2/c1-3-12(4-2)10-8-6-5-7-9-11-10/h5-7,9H,3-4,8H2,1-2H3. The highest BCUT2D eigenvalue weighted by Crippen LogP contribution is 2.02. The van der Waals surface area contributed by atoms with Crippen LogP contribution in [0.4, 0.5) is 0 Å². The van der Waals surface area contributed by atoms with E-state index in [9.17, 15) is 0 Å². The Morgan fingerprint density at radius 2 is 2.08 bits per heavy atom. The van der Waals surface area contributed by atoms with Crippen molar-refractivity contribution in [2.45, 2.75) is 20.3 Å². The van der Waals surface area contributed by atoms with Crippen LogP contribution in [0.5, 0.6) is 0 Å². The van der Waals surface area contributed by atoms with Gasteiger partial charge in [0.25, 0.3) is 0 Å². The molecule has 0 saturated heterocycles. The lowest BCUT2D eigenvalue weighted by Gasteiger charge is -2.21. The summed E-state index contributed by atoms with van der Waals surface area (Å²) >= 11 is 0. The van der Waals surface area contributed by atoms with Crippen LogP contribution in [0.1, 0.15) is 20.3 Å². The van der Waals surface area contributed by atoms with Crippen molar-refractivity contribution in [3.8, 4) is 0 Å². The molecule has 2 nitrogen and oxygen atoms in total. The largest absolute Gasteiger partial charge is 0.360 e. The van der Waals surface area contributed by atoms with Gasteiger partial charge in [-0.2, -0.15) is 0 Å². The second kappa shape index (κ2) is 4.75. The molecule has 0 amide bonds. The van der Waals surface area contributed by atoms with E-state index in [4.69, 9.17) is 0 Å². The van der Waals surface area contributed by atoms with Crippen molar-refractivity contribution < 1.29 is 0 Å². The number of amidine groups is 1. The SMILES string of the molecule is CCN(CC)C1=NC=CC=CC1. The lowest BCUT2D eigenvalue weighted by Crippen LogP contribution is -2.29. The molecule has 1 heterocycles. The molecule has 0 spiro atoms. The van der Waals surface area contributed by atoms with Gasteiger partial charge in [0, 0.05) is 25.7 Å². The van der Waals surface area contributed by atoms with Crippen molar-refractivity contribution >= 4 is 5.84 Å². The van der Waals surface area contributed by atoms with Crippen LogP contribution in [0.25, 0.3) is 0 Å². The van der Waals surface area contributed by atoms with E-state index in [-0.39, 0.29) is 0 Å². The van der Waals surface area contributed by atoms with Crippen molar-refractivity contribution in [3.05, 3.63) is 24.4 Å². The third-order valence-corrected chi connectivity index (χ3v) is 1.99. The fourth-order valence-corrected chi connectivity index (χ4v) is 1.28. The minimum Gasteiger partial charge on any atom is -0.360 e. The molecule has 0 N–H and O–H groups in total. The average Bonchev–Trinajstić information content (AvgIpc) is 2.35. The zero-order valence-corrected chi connectivity index (χ0v) is 7.83. The monoisotopic (exact) mass is 164 g/mol. The van der Waals surface area contributed by atoms with Gasteiger partial charge in [-0.1, -0.05) is 12.2 Å². The van der Waals surface area contributed by atoms with Gasteiger partial charge < -0.3 is 4.90 Å². The van der Waals surface area contributed by atoms with Gasteiger partial charge in [0.15, 0.2) is 0 Å². The number of allylic oxidation sites excluding steroid dienone is 2. The third kappa shape index (κ3) is 2.22. The molecule has 1 aliphatic heterocycles. The van der Waals surface area contributed by atoms with Crippen LogP contribution in [0, 0.1) is 0 Å². The summed E-state index contributed by atoms with van der Waals surface area (Å²) in [5, 5.41) is 0. The molecule has 0 radical (unpaired) electrons. The number of hydrogen-bond acceptors (Lipinski definition) is 2. The molecule has 1 aliphatic rings. The second-order valence-corrected chi connectivity index (χ2v) is 2.69. The van der Waals surface area contributed by atoms with E-state index in [0.717, 1.165) is 19.5 Å². The van der Waals surface area contributed by atoms with E-state index in [1.54, 1.807) is 0 Å². The first-order chi connectivity index (χ1) is 5.88. The van der Waals surface area contributed by atoms with E-state index in [2.05, 4.69) is 29.8 Å². The van der Waals surface area contributed by atoms with Crippen LogP contribution in [0.15, 0.2) is 29.4 Å². The summed E-state index contributed by atoms with van der Waals surface area (Å²) < 4.78 is 0. The molecule has 0 bridgehead atoms. The fourth-order valence-electron chi connectivity index (χ4n) is 1.28. The molecular formula is C10H16N2. The van der Waals surface area contributed by atoms with Gasteiger partial charge in [0.2, 0.25) is 0 Å². The predicted octanol–water partition coefficient (Wildman–Crippen LogP) is 2.20. The first-order valence-electron chi connectivity index (χ1n) is 4.51. The van der Waals surface area contributed by atoms with Gasteiger partial charge >= 0.3 is 0 Å². The first kappa shape index (κ1) is 9.04. The highest BCUT2D eigenvalue weighted by molar-refractivity contribution is 5.84. The number of rotatable bonds is 2. The number of nitrogens with zero attached hydrogens (tertiary/aromatic N) is 2. The normalized spacial score (nSPS) is 15.7. The van der Waals surface area contributed by atoms with E-state index in [0.29, 0.717) is 0 Å². The van der Waals surface area contributed by atoms with Crippen LogP contribution in [-0.2, 0) is 0 Å². The average molecular weight is 164 g/mol. The molecule has 0 saturated carbocycles. The lowest BCUT2D eigenvalue weighted by atomic mass is 10.3. The Bertz CT molecular complexity index is 210. The van der Waals surface area contributed by atoms with Gasteiger partial charge in [0.05, 0.1) is 0 Å². The lowest BCUT2D eigenvalue weighted by molar-refractivity contribution is 0.459. The maximum atomic E-state index is 4.36. The number of hydrogen-bond donors (Lipinski definition) is 0. The number of aliphatic imine (C=N–C) groups is 1. The smallest absolute Gasteiger partial charge is 0.108 e. The quantitative estimate of drug-likeness (QED) is 0.611. The van der Waals surface area contributed by atoms with E-state index in [1.807, 2.05) is 18.4 Å². The Kier molecular flexibility index (Phi) is 3.58. The molecule has 0 aliphatic carbocycles. The zero-order valence-electron chi connectivity index (χ0n) is 7.83. The summed E-state index contributed by atoms with van der Waals surface area (Å²) in [6.45, 7) is 6.39. The molecule has 2 heteroatoms. The molecular weight excluding hydrogens is 148 g/mol. The predicted molar refractivity (Wildman–Crippen MR) is 53.3 cm³/mol. The summed E-state index contributed by atoms with van der Waals surface area (Å²) in [7, 11) is 0. The van der Waals surface area contributed by atoms with Gasteiger partial charge in [-0.05, 0) is 19.9 Å². The Morgan fingerprint density at radius 3 is 2.75 bits per heavy atom. The fraction of sp³-hybridized carbons (Fsp3) is 0.500. The van der Waals surface area contributed by atoms with Crippen LogP contribution < -0.4 is 0 Å². The van der Waals surface area contributed by atoms with Gasteiger partial charge in [-0.15, -0.1) is 0 Å². The van der Waals surface area contributed by atoms with Gasteiger partial charge in [-0.3, -0.25) is 0 Å². The van der Waals surface area contributed by atoms with Crippen molar-refractivity contribution in [1.82, 2.24) is 4.90 Å². The minimum atomic E-state index is 0.953. The summed E-state index contributed by atoms with van der Waals surface area (Å²) in [6.07, 6.45) is 8.96. The Morgan fingerprint density at radius 1 is 1.33 bits per heavy atom. The molecule has 1 rings (SSSR count).